The molecule has 0 saturated heterocycles. The highest BCUT2D eigenvalue weighted by Crippen LogP contribution is 2.13. The first kappa shape index (κ1) is 13.2. The maximum Gasteiger partial charge on any atom is 0.414 e. The average Bonchev–Trinajstić information content (AvgIpc) is 1.98. The third kappa shape index (κ3) is 9.27. The van der Waals surface area contributed by atoms with Gasteiger partial charge in [-0.05, 0) is 13.8 Å². The van der Waals surface area contributed by atoms with Crippen LogP contribution >= 0.6 is 0 Å². The van der Waals surface area contributed by atoms with E-state index in [1.165, 1.54) is 0 Å². The smallest absolute Gasteiger partial charge is 0.369 e. The first-order valence-electron chi connectivity index (χ1n) is 3.90. The van der Waals surface area contributed by atoms with Crippen LogP contribution in [-0.4, -0.2) is 31.4 Å². The van der Waals surface area contributed by atoms with Crippen LogP contribution < -0.4 is 5.48 Å². The van der Waals surface area contributed by atoms with Gasteiger partial charge in [-0.15, -0.1) is 0 Å². The molecule has 0 heterocycles. The van der Waals surface area contributed by atoms with Gasteiger partial charge in [0.15, 0.2) is 6.61 Å². The molecule has 0 aromatic heterocycles. The zero-order chi connectivity index (χ0) is 11.2. The number of carbonyl (C=O) groups is 1. The molecule has 1 N–H and O–H groups in total. The molecule has 0 aliphatic heterocycles. The van der Waals surface area contributed by atoms with Gasteiger partial charge in [-0.25, -0.2) is 5.48 Å². The molecule has 0 radical (unpaired) electrons. The van der Waals surface area contributed by atoms with Crippen LogP contribution in [0, 0.1) is 0 Å². The zero-order valence-electron chi connectivity index (χ0n) is 7.85. The van der Waals surface area contributed by atoms with Crippen molar-refractivity contribution in [2.45, 2.75) is 26.1 Å². The zero-order valence-corrected chi connectivity index (χ0v) is 7.85. The summed E-state index contributed by atoms with van der Waals surface area (Å²) in [5.41, 5.74) is 1.61. The number of hydroxylamine groups is 1. The predicted molar refractivity (Wildman–Crippen MR) is 41.2 cm³/mol. The van der Waals surface area contributed by atoms with Crippen molar-refractivity contribution in [2.24, 2.45) is 0 Å². The van der Waals surface area contributed by atoms with E-state index in [1.54, 1.807) is 19.3 Å². The largest absolute Gasteiger partial charge is 0.414 e. The maximum atomic E-state index is 11.5. The lowest BCUT2D eigenvalue weighted by Crippen LogP contribution is -2.32. The van der Waals surface area contributed by atoms with Crippen molar-refractivity contribution in [2.75, 3.05) is 13.2 Å². The monoisotopic (exact) mass is 215 g/mol. The third-order valence-corrected chi connectivity index (χ3v) is 0.970. The molecule has 0 bridgehead atoms. The van der Waals surface area contributed by atoms with Crippen LogP contribution in [0.1, 0.15) is 13.8 Å². The lowest BCUT2D eigenvalue weighted by Gasteiger charge is -2.09. The van der Waals surface area contributed by atoms with Crippen LogP contribution in [0.4, 0.5) is 13.2 Å². The minimum absolute atomic E-state index is 0.164. The molecular formula is C7H12F3NO3. The molecule has 1 amide bonds. The Morgan fingerprint density at radius 1 is 1.43 bits per heavy atom. The second-order valence-corrected chi connectivity index (χ2v) is 2.79. The number of hydrogen-bond donors (Lipinski definition) is 1. The molecule has 0 rings (SSSR count). The van der Waals surface area contributed by atoms with Gasteiger partial charge in [0, 0.05) is 0 Å². The molecule has 0 aliphatic carbocycles. The first-order valence-corrected chi connectivity index (χ1v) is 3.90. The molecule has 0 aliphatic rings. The second kappa shape index (κ2) is 5.82. The summed E-state index contributed by atoms with van der Waals surface area (Å²) in [6, 6.07) is 0. The molecule has 0 fully saturated rings. The number of amides is 1. The van der Waals surface area contributed by atoms with Gasteiger partial charge in [0.2, 0.25) is 0 Å². The van der Waals surface area contributed by atoms with Crippen molar-refractivity contribution in [3.05, 3.63) is 0 Å². The molecule has 7 heteroatoms. The number of hydrogen-bond acceptors (Lipinski definition) is 3. The van der Waals surface area contributed by atoms with Crippen LogP contribution in [0.3, 0.4) is 0 Å². The molecule has 84 valence electrons. The van der Waals surface area contributed by atoms with E-state index in [1.807, 2.05) is 0 Å². The van der Waals surface area contributed by atoms with E-state index in [-0.39, 0.29) is 12.7 Å². The van der Waals surface area contributed by atoms with E-state index < -0.39 is 18.7 Å². The molecule has 4 nitrogen and oxygen atoms in total. The first-order chi connectivity index (χ1) is 6.31. The fourth-order valence-corrected chi connectivity index (χ4v) is 0.470. The van der Waals surface area contributed by atoms with Gasteiger partial charge in [-0.1, -0.05) is 0 Å². The fraction of sp³-hybridized carbons (Fsp3) is 0.857. The molecule has 0 atom stereocenters. The minimum Gasteiger partial charge on any atom is -0.369 e. The normalized spacial score (nSPS) is 11.9. The van der Waals surface area contributed by atoms with E-state index in [9.17, 15) is 18.0 Å². The van der Waals surface area contributed by atoms with E-state index in [0.717, 1.165) is 0 Å². The summed E-state index contributed by atoms with van der Waals surface area (Å²) in [5.74, 6) is -0.747. The predicted octanol–water partition coefficient (Wildman–Crippen LogP) is 1.02. The van der Waals surface area contributed by atoms with Gasteiger partial charge in [0.1, 0.15) is 6.61 Å². The molecule has 0 spiro atoms. The van der Waals surface area contributed by atoms with E-state index in [4.69, 9.17) is 4.74 Å². The van der Waals surface area contributed by atoms with Gasteiger partial charge < -0.3 is 4.74 Å². The van der Waals surface area contributed by atoms with Gasteiger partial charge in [0.25, 0.3) is 5.91 Å². The Morgan fingerprint density at radius 2 is 2.00 bits per heavy atom. The summed E-state index contributed by atoms with van der Waals surface area (Å²) in [6.07, 6.45) is -4.62. The molecule has 0 aromatic rings. The summed E-state index contributed by atoms with van der Waals surface area (Å²) >= 11 is 0. The van der Waals surface area contributed by atoms with E-state index in [2.05, 4.69) is 4.84 Å². The third-order valence-electron chi connectivity index (χ3n) is 0.970. The lowest BCUT2D eigenvalue weighted by molar-refractivity contribution is -0.193. The summed E-state index contributed by atoms with van der Waals surface area (Å²) in [5, 5.41) is 0. The topological polar surface area (TPSA) is 47.6 Å². The molecule has 0 aromatic carbocycles. The Labute approximate surface area is 79.3 Å². The Balaban J connectivity index is 3.46. The highest BCUT2D eigenvalue weighted by atomic mass is 19.4. The van der Waals surface area contributed by atoms with Gasteiger partial charge in [-0.3, -0.25) is 9.63 Å². The average molecular weight is 215 g/mol. The van der Waals surface area contributed by atoms with Crippen molar-refractivity contribution in [1.29, 1.82) is 0 Å². The lowest BCUT2D eigenvalue weighted by atomic mass is 10.5. The Kier molecular flexibility index (Phi) is 5.47. The molecule has 0 unspecified atom stereocenters. The van der Waals surface area contributed by atoms with Crippen molar-refractivity contribution in [3.63, 3.8) is 0 Å². The number of rotatable bonds is 5. The van der Waals surface area contributed by atoms with Crippen LogP contribution in [0.2, 0.25) is 0 Å². The van der Waals surface area contributed by atoms with Gasteiger partial charge in [-0.2, -0.15) is 13.2 Å². The molecule has 14 heavy (non-hydrogen) atoms. The van der Waals surface area contributed by atoms with Crippen LogP contribution in [0.25, 0.3) is 0 Å². The van der Waals surface area contributed by atoms with Crippen LogP contribution in [0.15, 0.2) is 0 Å². The Bertz CT molecular complexity index is 182. The number of halogens is 3. The number of carbonyl (C=O) groups excluding carboxylic acids is 1. The number of alkyl halides is 3. The highest BCUT2D eigenvalue weighted by Gasteiger charge is 2.28. The quantitative estimate of drug-likeness (QED) is 0.696. The molecule has 0 saturated carbocycles. The summed E-state index contributed by atoms with van der Waals surface area (Å²) in [7, 11) is 0. The highest BCUT2D eigenvalue weighted by molar-refractivity contribution is 5.76. The number of nitrogens with one attached hydrogen (secondary N) is 1. The fourth-order valence-electron chi connectivity index (χ4n) is 0.470. The summed E-state index contributed by atoms with van der Waals surface area (Å²) in [6.45, 7) is 1.56. The van der Waals surface area contributed by atoms with Crippen molar-refractivity contribution < 1.29 is 27.5 Å². The minimum atomic E-state index is -4.45. The second-order valence-electron chi connectivity index (χ2n) is 2.79. The number of ether oxygens (including phenoxy) is 1. The maximum absolute atomic E-state index is 11.5. The van der Waals surface area contributed by atoms with E-state index >= 15 is 0 Å². The Morgan fingerprint density at radius 3 is 2.43 bits per heavy atom. The molecular weight excluding hydrogens is 203 g/mol. The summed E-state index contributed by atoms with van der Waals surface area (Å²) < 4.78 is 39.4. The van der Waals surface area contributed by atoms with Gasteiger partial charge in [0.05, 0.1) is 6.10 Å². The summed E-state index contributed by atoms with van der Waals surface area (Å²) in [4.78, 5) is 14.6. The SMILES string of the molecule is CC(C)OCC(=O)NOCC(F)(F)F. The standard InChI is InChI=1S/C7H12F3NO3/c1-5(2)13-3-6(12)11-14-4-7(8,9)10/h5H,3-4H2,1-2H3,(H,11,12). The van der Waals surface area contributed by atoms with Crippen molar-refractivity contribution >= 4 is 5.91 Å². The van der Waals surface area contributed by atoms with Crippen molar-refractivity contribution in [1.82, 2.24) is 5.48 Å². The van der Waals surface area contributed by atoms with Crippen LogP contribution in [0.5, 0.6) is 0 Å². The van der Waals surface area contributed by atoms with Crippen molar-refractivity contribution in [3.8, 4) is 0 Å². The van der Waals surface area contributed by atoms with E-state index in [0.29, 0.717) is 0 Å². The Hall–Kier alpha value is -0.820. The van der Waals surface area contributed by atoms with Crippen LogP contribution in [-0.2, 0) is 14.4 Å². The van der Waals surface area contributed by atoms with Gasteiger partial charge >= 0.3 is 6.18 Å².